The normalized spacial score (nSPS) is 16.9. The first-order valence-electron chi connectivity index (χ1n) is 5.31. The molecule has 2 atom stereocenters. The van der Waals surface area contributed by atoms with E-state index in [-0.39, 0.29) is 11.6 Å². The van der Waals surface area contributed by atoms with Crippen molar-refractivity contribution in [2.75, 3.05) is 6.54 Å². The fraction of sp³-hybridized carbons (Fsp3) is 0.500. The zero-order valence-corrected chi connectivity index (χ0v) is 9.72. The van der Waals surface area contributed by atoms with Crippen LogP contribution in [0.25, 0.3) is 0 Å². The maximum Gasteiger partial charge on any atom is 0.164 e. The Morgan fingerprint density at radius 1 is 1.44 bits per heavy atom. The number of rotatable bonds is 4. The number of hydrogen-bond donors (Lipinski definition) is 2. The van der Waals surface area contributed by atoms with Gasteiger partial charge in [-0.05, 0) is 26.5 Å². The molecule has 0 aliphatic rings. The van der Waals surface area contributed by atoms with E-state index in [2.05, 4.69) is 5.32 Å². The Kier molecular flexibility index (Phi) is 3.99. The smallest absolute Gasteiger partial charge is 0.164 e. The van der Waals surface area contributed by atoms with E-state index in [9.17, 15) is 13.9 Å². The summed E-state index contributed by atoms with van der Waals surface area (Å²) in [7, 11) is 0. The van der Waals surface area contributed by atoms with Gasteiger partial charge in [-0.2, -0.15) is 0 Å². The second-order valence-electron chi connectivity index (χ2n) is 4.03. The predicted octanol–water partition coefficient (Wildman–Crippen LogP) is 2.17. The van der Waals surface area contributed by atoms with Gasteiger partial charge in [-0.15, -0.1) is 0 Å². The predicted molar refractivity (Wildman–Crippen MR) is 59.1 cm³/mol. The molecular weight excluding hydrogens is 212 g/mol. The van der Waals surface area contributed by atoms with E-state index in [1.165, 1.54) is 19.1 Å². The summed E-state index contributed by atoms with van der Waals surface area (Å²) in [5, 5.41) is 13.2. The van der Waals surface area contributed by atoms with Crippen molar-refractivity contribution in [1.29, 1.82) is 0 Å². The van der Waals surface area contributed by atoms with Gasteiger partial charge < -0.3 is 10.4 Å². The molecule has 0 saturated carbocycles. The largest absolute Gasteiger partial charge is 0.384 e. The molecule has 0 aliphatic heterocycles. The second-order valence-corrected chi connectivity index (χ2v) is 4.03. The van der Waals surface area contributed by atoms with Crippen molar-refractivity contribution in [2.24, 2.45) is 0 Å². The Bertz CT molecular complexity index is 366. The first-order chi connectivity index (χ1) is 7.41. The molecule has 0 saturated heterocycles. The van der Waals surface area contributed by atoms with Crippen LogP contribution in [0.1, 0.15) is 26.3 Å². The Morgan fingerprint density at radius 2 is 2.06 bits per heavy atom. The van der Waals surface area contributed by atoms with Crippen LogP contribution in [0.2, 0.25) is 0 Å². The molecule has 1 aromatic rings. The molecule has 1 aromatic carbocycles. The Labute approximate surface area is 94.3 Å². The van der Waals surface area contributed by atoms with E-state index in [1.54, 1.807) is 6.92 Å². The Morgan fingerprint density at radius 3 is 2.62 bits per heavy atom. The van der Waals surface area contributed by atoms with Gasteiger partial charge in [0, 0.05) is 11.6 Å². The third-order valence-electron chi connectivity index (χ3n) is 2.85. The topological polar surface area (TPSA) is 32.3 Å². The number of benzene rings is 1. The molecule has 4 heteroatoms. The van der Waals surface area contributed by atoms with E-state index in [1.807, 2.05) is 6.92 Å². The summed E-state index contributed by atoms with van der Waals surface area (Å²) >= 11 is 0. The molecule has 0 aliphatic carbocycles. The minimum absolute atomic E-state index is 0.0269. The van der Waals surface area contributed by atoms with Crippen LogP contribution in [0.4, 0.5) is 8.78 Å². The maximum atomic E-state index is 13.5. The minimum atomic E-state index is -1.44. The SMILES string of the molecule is CCNC(C)C(C)(O)c1cccc(F)c1F. The average Bonchev–Trinajstić information content (AvgIpc) is 2.22. The highest BCUT2D eigenvalue weighted by atomic mass is 19.2. The van der Waals surface area contributed by atoms with Crippen molar-refractivity contribution in [3.05, 3.63) is 35.4 Å². The van der Waals surface area contributed by atoms with Crippen LogP contribution < -0.4 is 5.32 Å². The molecule has 0 spiro atoms. The molecule has 0 radical (unpaired) electrons. The monoisotopic (exact) mass is 229 g/mol. The van der Waals surface area contributed by atoms with Crippen molar-refractivity contribution in [1.82, 2.24) is 5.32 Å². The highest BCUT2D eigenvalue weighted by Crippen LogP contribution is 2.27. The van der Waals surface area contributed by atoms with E-state index in [0.717, 1.165) is 6.07 Å². The van der Waals surface area contributed by atoms with Crippen molar-refractivity contribution in [3.8, 4) is 0 Å². The number of hydrogen-bond acceptors (Lipinski definition) is 2. The lowest BCUT2D eigenvalue weighted by atomic mass is 9.88. The number of aliphatic hydroxyl groups is 1. The van der Waals surface area contributed by atoms with Gasteiger partial charge in [0.05, 0.1) is 0 Å². The molecule has 16 heavy (non-hydrogen) atoms. The summed E-state index contributed by atoms with van der Waals surface area (Å²) in [6.45, 7) is 5.73. The first-order valence-corrected chi connectivity index (χ1v) is 5.31. The summed E-state index contributed by atoms with van der Waals surface area (Å²) in [4.78, 5) is 0. The lowest BCUT2D eigenvalue weighted by Gasteiger charge is -2.31. The molecular formula is C12H17F2NO. The van der Waals surface area contributed by atoms with Crippen LogP contribution in [0.15, 0.2) is 18.2 Å². The van der Waals surface area contributed by atoms with Gasteiger partial charge in [-0.3, -0.25) is 0 Å². The van der Waals surface area contributed by atoms with Crippen LogP contribution in [0, 0.1) is 11.6 Å². The van der Waals surface area contributed by atoms with Gasteiger partial charge in [0.2, 0.25) is 0 Å². The number of halogens is 2. The minimum Gasteiger partial charge on any atom is -0.384 e. The van der Waals surface area contributed by atoms with E-state index < -0.39 is 17.2 Å². The fourth-order valence-corrected chi connectivity index (χ4v) is 1.63. The molecule has 2 N–H and O–H groups in total. The molecule has 0 heterocycles. The number of likely N-dealkylation sites (N-methyl/N-ethyl adjacent to an activating group) is 1. The van der Waals surface area contributed by atoms with E-state index >= 15 is 0 Å². The van der Waals surface area contributed by atoms with Crippen molar-refractivity contribution in [3.63, 3.8) is 0 Å². The van der Waals surface area contributed by atoms with Crippen molar-refractivity contribution >= 4 is 0 Å². The van der Waals surface area contributed by atoms with E-state index in [4.69, 9.17) is 0 Å². The molecule has 0 fully saturated rings. The van der Waals surface area contributed by atoms with Gasteiger partial charge >= 0.3 is 0 Å². The Balaban J connectivity index is 3.11. The van der Waals surface area contributed by atoms with Crippen molar-refractivity contribution in [2.45, 2.75) is 32.4 Å². The highest BCUT2D eigenvalue weighted by Gasteiger charge is 2.33. The summed E-state index contributed by atoms with van der Waals surface area (Å²) in [5.41, 5.74) is -1.47. The molecule has 1 rings (SSSR count). The summed E-state index contributed by atoms with van der Waals surface area (Å²) in [6.07, 6.45) is 0. The fourth-order valence-electron chi connectivity index (χ4n) is 1.63. The zero-order valence-electron chi connectivity index (χ0n) is 9.72. The maximum absolute atomic E-state index is 13.5. The van der Waals surface area contributed by atoms with Crippen LogP contribution in [-0.2, 0) is 5.60 Å². The third kappa shape index (κ3) is 2.39. The zero-order chi connectivity index (χ0) is 12.3. The summed E-state index contributed by atoms with van der Waals surface area (Å²) < 4.78 is 26.6. The van der Waals surface area contributed by atoms with E-state index in [0.29, 0.717) is 6.54 Å². The second kappa shape index (κ2) is 4.89. The van der Waals surface area contributed by atoms with Gasteiger partial charge in [0.1, 0.15) is 5.60 Å². The lowest BCUT2D eigenvalue weighted by Crippen LogP contribution is -2.45. The quantitative estimate of drug-likeness (QED) is 0.829. The molecule has 2 unspecified atom stereocenters. The molecule has 2 nitrogen and oxygen atoms in total. The van der Waals surface area contributed by atoms with Gasteiger partial charge in [-0.25, -0.2) is 8.78 Å². The average molecular weight is 229 g/mol. The van der Waals surface area contributed by atoms with Crippen LogP contribution in [-0.4, -0.2) is 17.7 Å². The van der Waals surface area contributed by atoms with Crippen LogP contribution in [0.5, 0.6) is 0 Å². The Hall–Kier alpha value is -1.00. The van der Waals surface area contributed by atoms with Crippen LogP contribution >= 0.6 is 0 Å². The summed E-state index contributed by atoms with van der Waals surface area (Å²) in [5.74, 6) is -1.93. The molecule has 0 aromatic heterocycles. The third-order valence-corrected chi connectivity index (χ3v) is 2.85. The van der Waals surface area contributed by atoms with Gasteiger partial charge in [0.15, 0.2) is 11.6 Å². The molecule has 0 amide bonds. The van der Waals surface area contributed by atoms with Crippen LogP contribution in [0.3, 0.4) is 0 Å². The van der Waals surface area contributed by atoms with Gasteiger partial charge in [0.25, 0.3) is 0 Å². The number of nitrogens with one attached hydrogen (secondary N) is 1. The van der Waals surface area contributed by atoms with Crippen molar-refractivity contribution < 1.29 is 13.9 Å². The lowest BCUT2D eigenvalue weighted by molar-refractivity contribution is 0.0182. The molecule has 0 bridgehead atoms. The van der Waals surface area contributed by atoms with Gasteiger partial charge in [-0.1, -0.05) is 19.1 Å². The highest BCUT2D eigenvalue weighted by molar-refractivity contribution is 5.26. The summed E-state index contributed by atoms with van der Waals surface area (Å²) in [6, 6.07) is 3.45. The molecule has 90 valence electrons. The standard InChI is InChI=1S/C12H17F2NO/c1-4-15-8(2)12(3,16)9-6-5-7-10(13)11(9)14/h5-8,15-16H,4H2,1-3H3. The first kappa shape index (κ1) is 13.1.